The Labute approximate surface area is 115 Å². The average molecular weight is 260 g/mol. The van der Waals surface area contributed by atoms with E-state index in [-0.39, 0.29) is 5.60 Å². The van der Waals surface area contributed by atoms with Crippen LogP contribution in [-0.4, -0.2) is 20.5 Å². The van der Waals surface area contributed by atoms with Crippen LogP contribution in [0.1, 0.15) is 44.1 Å². The van der Waals surface area contributed by atoms with Gasteiger partial charge in [-0.05, 0) is 67.8 Å². The van der Waals surface area contributed by atoms with Gasteiger partial charge in [0.25, 0.3) is 0 Å². The van der Waals surface area contributed by atoms with Gasteiger partial charge >= 0.3 is 0 Å². The number of rotatable bonds is 3. The maximum atomic E-state index is 11.1. The standard InChI is InChI=1S/C16H24N2O/c1-18-10-11(9-17-18)5-6-16(19)8-12-7-15(16)14-4-2-3-13(12)14/h9-10,12-15,19H,2-8H2,1H3. The summed E-state index contributed by atoms with van der Waals surface area (Å²) in [5.74, 6) is 3.24. The van der Waals surface area contributed by atoms with Gasteiger partial charge in [0.1, 0.15) is 0 Å². The van der Waals surface area contributed by atoms with Gasteiger partial charge < -0.3 is 5.11 Å². The van der Waals surface area contributed by atoms with Gasteiger partial charge in [-0.3, -0.25) is 4.68 Å². The lowest BCUT2D eigenvalue weighted by Gasteiger charge is -2.39. The lowest BCUT2D eigenvalue weighted by Crippen LogP contribution is -2.41. The lowest BCUT2D eigenvalue weighted by atomic mass is 9.71. The van der Waals surface area contributed by atoms with Crippen LogP contribution in [0.3, 0.4) is 0 Å². The highest BCUT2D eigenvalue weighted by atomic mass is 16.3. The highest BCUT2D eigenvalue weighted by Gasteiger charge is 2.59. The van der Waals surface area contributed by atoms with Gasteiger partial charge in [-0.25, -0.2) is 0 Å². The summed E-state index contributed by atoms with van der Waals surface area (Å²) >= 11 is 0. The molecule has 1 aromatic heterocycles. The Balaban J connectivity index is 1.46. The first kappa shape index (κ1) is 12.0. The summed E-state index contributed by atoms with van der Waals surface area (Å²) in [5.41, 5.74) is 0.896. The van der Waals surface area contributed by atoms with Gasteiger partial charge in [0.2, 0.25) is 0 Å². The van der Waals surface area contributed by atoms with E-state index in [9.17, 15) is 5.11 Å². The normalized spacial score (nSPS) is 43.9. The number of aryl methyl sites for hydroxylation is 2. The molecule has 0 aromatic carbocycles. The minimum atomic E-state index is -0.369. The zero-order valence-electron chi connectivity index (χ0n) is 11.8. The number of aliphatic hydroxyl groups is 1. The van der Waals surface area contributed by atoms with Crippen LogP contribution in [0, 0.1) is 23.7 Å². The monoisotopic (exact) mass is 260 g/mol. The van der Waals surface area contributed by atoms with Crippen molar-refractivity contribution in [3.8, 4) is 0 Å². The van der Waals surface area contributed by atoms with Crippen molar-refractivity contribution in [2.75, 3.05) is 0 Å². The molecule has 3 nitrogen and oxygen atoms in total. The van der Waals surface area contributed by atoms with Crippen LogP contribution >= 0.6 is 0 Å². The van der Waals surface area contributed by atoms with E-state index < -0.39 is 0 Å². The van der Waals surface area contributed by atoms with Crippen molar-refractivity contribution in [1.82, 2.24) is 9.78 Å². The second-order valence-electron chi connectivity index (χ2n) is 7.19. The first-order valence-electron chi connectivity index (χ1n) is 7.86. The van der Waals surface area contributed by atoms with Crippen molar-refractivity contribution in [3.63, 3.8) is 0 Å². The van der Waals surface area contributed by atoms with Gasteiger partial charge in [0.05, 0.1) is 11.8 Å². The predicted molar refractivity (Wildman–Crippen MR) is 73.5 cm³/mol. The largest absolute Gasteiger partial charge is 0.390 e. The smallest absolute Gasteiger partial charge is 0.0684 e. The number of fused-ring (bicyclic) bond motifs is 5. The molecule has 2 bridgehead atoms. The fourth-order valence-corrected chi connectivity index (χ4v) is 5.49. The molecule has 0 amide bonds. The van der Waals surface area contributed by atoms with Crippen LogP contribution < -0.4 is 0 Å². The molecule has 5 unspecified atom stereocenters. The second kappa shape index (κ2) is 4.08. The van der Waals surface area contributed by atoms with Gasteiger partial charge in [-0.2, -0.15) is 5.10 Å². The van der Waals surface area contributed by atoms with E-state index in [0.29, 0.717) is 5.92 Å². The van der Waals surface area contributed by atoms with Crippen molar-refractivity contribution in [2.45, 2.75) is 50.5 Å². The summed E-state index contributed by atoms with van der Waals surface area (Å²) in [7, 11) is 1.96. The Hall–Kier alpha value is -0.830. The van der Waals surface area contributed by atoms with Crippen LogP contribution in [0.4, 0.5) is 0 Å². The lowest BCUT2D eigenvalue weighted by molar-refractivity contribution is -0.0516. The maximum Gasteiger partial charge on any atom is 0.0684 e. The SMILES string of the molecule is Cn1cc(CCC2(O)CC3CC2C2CCCC32)cn1. The first-order valence-corrected chi connectivity index (χ1v) is 7.86. The minimum Gasteiger partial charge on any atom is -0.390 e. The summed E-state index contributed by atoms with van der Waals surface area (Å²) in [6.07, 6.45) is 12.5. The van der Waals surface area contributed by atoms with E-state index in [2.05, 4.69) is 11.3 Å². The van der Waals surface area contributed by atoms with E-state index in [0.717, 1.165) is 37.0 Å². The van der Waals surface area contributed by atoms with Crippen molar-refractivity contribution >= 4 is 0 Å². The minimum absolute atomic E-state index is 0.369. The third kappa shape index (κ3) is 1.78. The molecule has 0 aliphatic heterocycles. The third-order valence-electron chi connectivity index (χ3n) is 6.21. The van der Waals surface area contributed by atoms with Crippen LogP contribution in [0.25, 0.3) is 0 Å². The number of hydrogen-bond acceptors (Lipinski definition) is 2. The molecule has 0 spiro atoms. The molecule has 104 valence electrons. The molecule has 3 saturated carbocycles. The van der Waals surface area contributed by atoms with Crippen molar-refractivity contribution in [2.24, 2.45) is 30.7 Å². The molecule has 1 heterocycles. The van der Waals surface area contributed by atoms with Gasteiger partial charge in [0.15, 0.2) is 0 Å². The third-order valence-corrected chi connectivity index (χ3v) is 6.21. The van der Waals surface area contributed by atoms with Crippen molar-refractivity contribution < 1.29 is 5.11 Å². The van der Waals surface area contributed by atoms with Crippen LogP contribution in [0.5, 0.6) is 0 Å². The Morgan fingerprint density at radius 2 is 2.26 bits per heavy atom. The molecule has 3 heteroatoms. The average Bonchev–Trinajstić information content (AvgIpc) is 3.07. The summed E-state index contributed by atoms with van der Waals surface area (Å²) < 4.78 is 1.85. The first-order chi connectivity index (χ1) is 9.16. The number of hydrogen-bond donors (Lipinski definition) is 1. The Kier molecular flexibility index (Phi) is 2.57. The zero-order valence-corrected chi connectivity index (χ0v) is 11.8. The molecule has 3 aliphatic carbocycles. The van der Waals surface area contributed by atoms with Crippen LogP contribution in [0.2, 0.25) is 0 Å². The maximum absolute atomic E-state index is 11.1. The Morgan fingerprint density at radius 1 is 1.42 bits per heavy atom. The second-order valence-corrected chi connectivity index (χ2v) is 7.19. The van der Waals surface area contributed by atoms with Gasteiger partial charge in [-0.15, -0.1) is 0 Å². The molecule has 3 fully saturated rings. The molecular weight excluding hydrogens is 236 g/mol. The topological polar surface area (TPSA) is 38.0 Å². The molecular formula is C16H24N2O. The quantitative estimate of drug-likeness (QED) is 0.907. The highest BCUT2D eigenvalue weighted by Crippen LogP contribution is 2.63. The molecule has 5 atom stereocenters. The molecule has 1 N–H and O–H groups in total. The number of aromatic nitrogens is 2. The van der Waals surface area contributed by atoms with Gasteiger partial charge in [0, 0.05) is 13.2 Å². The molecule has 4 rings (SSSR count). The van der Waals surface area contributed by atoms with Crippen molar-refractivity contribution in [3.05, 3.63) is 18.0 Å². The fraction of sp³-hybridized carbons (Fsp3) is 0.812. The van der Waals surface area contributed by atoms with Gasteiger partial charge in [-0.1, -0.05) is 6.42 Å². The van der Waals surface area contributed by atoms with Crippen LogP contribution in [-0.2, 0) is 13.5 Å². The molecule has 0 radical (unpaired) electrons. The summed E-state index contributed by atoms with van der Waals surface area (Å²) in [5, 5.41) is 15.3. The fourth-order valence-electron chi connectivity index (χ4n) is 5.49. The molecule has 0 saturated heterocycles. The van der Waals surface area contributed by atoms with Crippen molar-refractivity contribution in [1.29, 1.82) is 0 Å². The summed E-state index contributed by atoms with van der Waals surface area (Å²) in [4.78, 5) is 0. The molecule has 1 aromatic rings. The molecule has 19 heavy (non-hydrogen) atoms. The predicted octanol–water partition coefficient (Wildman–Crippen LogP) is 2.54. The Bertz CT molecular complexity index is 483. The van der Waals surface area contributed by atoms with E-state index >= 15 is 0 Å². The molecule has 3 aliphatic rings. The summed E-state index contributed by atoms with van der Waals surface area (Å²) in [6, 6.07) is 0. The number of nitrogens with zero attached hydrogens (tertiary/aromatic N) is 2. The van der Waals surface area contributed by atoms with Crippen LogP contribution in [0.15, 0.2) is 12.4 Å². The van der Waals surface area contributed by atoms with E-state index in [1.165, 1.54) is 31.2 Å². The highest BCUT2D eigenvalue weighted by molar-refractivity contribution is 5.12. The van der Waals surface area contributed by atoms with E-state index in [1.807, 2.05) is 17.9 Å². The van der Waals surface area contributed by atoms with E-state index in [4.69, 9.17) is 0 Å². The zero-order chi connectivity index (χ0) is 13.0. The van der Waals surface area contributed by atoms with E-state index in [1.54, 1.807) is 0 Å². The Morgan fingerprint density at radius 3 is 3.05 bits per heavy atom. The summed E-state index contributed by atoms with van der Waals surface area (Å²) in [6.45, 7) is 0.